The first kappa shape index (κ1) is 29.5. The summed E-state index contributed by atoms with van der Waals surface area (Å²) >= 11 is 0. The molecule has 0 radical (unpaired) electrons. The van der Waals surface area contributed by atoms with Crippen LogP contribution in [-0.2, 0) is 32.4 Å². The van der Waals surface area contributed by atoms with Crippen molar-refractivity contribution < 1.29 is 27.5 Å². The fraction of sp³-hybridized carbons (Fsp3) is 0.188. The summed E-state index contributed by atoms with van der Waals surface area (Å²) in [5, 5.41) is 2.94. The lowest BCUT2D eigenvalue weighted by atomic mass is 10.1. The van der Waals surface area contributed by atoms with E-state index in [9.17, 15) is 18.0 Å². The topological polar surface area (TPSA) is 111 Å². The highest BCUT2D eigenvalue weighted by molar-refractivity contribution is 7.89. The van der Waals surface area contributed by atoms with Gasteiger partial charge in [-0.3, -0.25) is 9.59 Å². The summed E-state index contributed by atoms with van der Waals surface area (Å²) in [6.45, 7) is -0.151. The number of hydrogen-bond donors (Lipinski definition) is 2. The van der Waals surface area contributed by atoms with Crippen molar-refractivity contribution in [2.75, 3.05) is 13.7 Å². The minimum atomic E-state index is -4.07. The van der Waals surface area contributed by atoms with Crippen molar-refractivity contribution in [3.63, 3.8) is 0 Å². The van der Waals surface area contributed by atoms with Crippen molar-refractivity contribution in [3.05, 3.63) is 132 Å². The Morgan fingerprint density at radius 2 is 1.27 bits per heavy atom. The lowest BCUT2D eigenvalue weighted by Gasteiger charge is -2.22. The van der Waals surface area contributed by atoms with E-state index >= 15 is 0 Å². The van der Waals surface area contributed by atoms with Crippen molar-refractivity contribution in [2.24, 2.45) is 0 Å². The van der Waals surface area contributed by atoms with E-state index in [1.54, 1.807) is 36.4 Å². The molecule has 0 aromatic heterocycles. The Bertz CT molecular complexity index is 1510. The molecule has 0 unspecified atom stereocenters. The number of nitrogens with one attached hydrogen (secondary N) is 2. The Balaban J connectivity index is 1.51. The van der Waals surface area contributed by atoms with Crippen molar-refractivity contribution in [1.82, 2.24) is 10.0 Å². The maximum Gasteiger partial charge on any atom is 0.324 e. The SMILES string of the molecule is COc1ccc(S(=O)(=O)N[C@@H](Cc2ccccc2)C(=O)OC[C@@H](Cc2ccccc2)NC(=O)c2ccccc2)cc1. The van der Waals surface area contributed by atoms with Crippen LogP contribution in [0.1, 0.15) is 21.5 Å². The maximum atomic E-state index is 13.4. The van der Waals surface area contributed by atoms with Gasteiger partial charge in [0.15, 0.2) is 0 Å². The predicted octanol–water partition coefficient (Wildman–Crippen LogP) is 4.17. The molecule has 0 aliphatic heterocycles. The molecule has 41 heavy (non-hydrogen) atoms. The third kappa shape index (κ3) is 8.76. The van der Waals surface area contributed by atoms with Gasteiger partial charge in [0, 0.05) is 5.56 Å². The maximum absolute atomic E-state index is 13.4. The number of carbonyl (C=O) groups is 2. The van der Waals surface area contributed by atoms with Gasteiger partial charge < -0.3 is 14.8 Å². The molecule has 0 bridgehead atoms. The normalized spacial score (nSPS) is 12.6. The average molecular weight is 573 g/mol. The number of benzene rings is 4. The molecular weight excluding hydrogens is 540 g/mol. The molecule has 212 valence electrons. The number of esters is 1. The second kappa shape index (κ2) is 14.2. The monoisotopic (exact) mass is 572 g/mol. The summed E-state index contributed by atoms with van der Waals surface area (Å²) in [4.78, 5) is 26.3. The summed E-state index contributed by atoms with van der Waals surface area (Å²) < 4.78 is 39.7. The predicted molar refractivity (Wildman–Crippen MR) is 156 cm³/mol. The summed E-state index contributed by atoms with van der Waals surface area (Å²) in [5.41, 5.74) is 2.18. The molecule has 0 fully saturated rings. The van der Waals surface area contributed by atoms with Crippen LogP contribution in [0.25, 0.3) is 0 Å². The van der Waals surface area contributed by atoms with Crippen molar-refractivity contribution in [3.8, 4) is 5.75 Å². The zero-order valence-electron chi connectivity index (χ0n) is 22.6. The van der Waals surface area contributed by atoms with Crippen LogP contribution in [0.4, 0.5) is 0 Å². The van der Waals surface area contributed by atoms with Crippen molar-refractivity contribution in [2.45, 2.75) is 29.8 Å². The molecular formula is C32H32N2O6S. The number of rotatable bonds is 13. The second-order valence-electron chi connectivity index (χ2n) is 9.40. The Morgan fingerprint density at radius 3 is 1.83 bits per heavy atom. The van der Waals surface area contributed by atoms with Crippen LogP contribution >= 0.6 is 0 Å². The highest BCUT2D eigenvalue weighted by atomic mass is 32.2. The first-order chi connectivity index (χ1) is 19.8. The molecule has 8 nitrogen and oxygen atoms in total. The molecule has 9 heteroatoms. The molecule has 4 aromatic rings. The van der Waals surface area contributed by atoms with E-state index in [0.29, 0.717) is 17.7 Å². The van der Waals surface area contributed by atoms with Gasteiger partial charge in [-0.1, -0.05) is 78.9 Å². The van der Waals surface area contributed by atoms with Gasteiger partial charge >= 0.3 is 5.97 Å². The van der Waals surface area contributed by atoms with Gasteiger partial charge in [-0.15, -0.1) is 0 Å². The molecule has 4 rings (SSSR count). The number of amides is 1. The lowest BCUT2D eigenvalue weighted by molar-refractivity contribution is -0.146. The summed E-state index contributed by atoms with van der Waals surface area (Å²) in [5.74, 6) is -0.548. The molecule has 0 spiro atoms. The van der Waals surface area contributed by atoms with E-state index in [2.05, 4.69) is 10.0 Å². The van der Waals surface area contributed by atoms with E-state index in [-0.39, 0.29) is 23.8 Å². The fourth-order valence-electron chi connectivity index (χ4n) is 4.22. The highest BCUT2D eigenvalue weighted by Gasteiger charge is 2.28. The van der Waals surface area contributed by atoms with Crippen LogP contribution in [0.15, 0.2) is 120 Å². The second-order valence-corrected chi connectivity index (χ2v) is 11.1. The van der Waals surface area contributed by atoms with Crippen LogP contribution in [0.3, 0.4) is 0 Å². The van der Waals surface area contributed by atoms with Crippen LogP contribution < -0.4 is 14.8 Å². The first-order valence-electron chi connectivity index (χ1n) is 13.1. The standard InChI is InChI=1S/C32H32N2O6S/c1-39-28-17-19-29(20-18-28)41(37,38)34-30(22-25-13-7-3-8-14-25)32(36)40-23-27(21-24-11-5-2-6-12-24)33-31(35)26-15-9-4-10-16-26/h2-20,27,30,34H,21-23H2,1H3,(H,33,35)/t27-,30+/m1/s1. The molecule has 1 amide bonds. The van der Waals surface area contributed by atoms with E-state index in [0.717, 1.165) is 11.1 Å². The van der Waals surface area contributed by atoms with Gasteiger partial charge in [-0.2, -0.15) is 4.72 Å². The number of sulfonamides is 1. The van der Waals surface area contributed by atoms with Crippen LogP contribution in [-0.4, -0.2) is 46.1 Å². The van der Waals surface area contributed by atoms with Crippen molar-refractivity contribution in [1.29, 1.82) is 0 Å². The number of hydrogen-bond acceptors (Lipinski definition) is 6. The van der Waals surface area contributed by atoms with Crippen molar-refractivity contribution >= 4 is 21.9 Å². The van der Waals surface area contributed by atoms with Gasteiger partial charge in [0.25, 0.3) is 5.91 Å². The van der Waals surface area contributed by atoms with Gasteiger partial charge in [0.05, 0.1) is 18.0 Å². The van der Waals surface area contributed by atoms with Crippen LogP contribution in [0.5, 0.6) is 5.75 Å². The molecule has 4 aromatic carbocycles. The van der Waals surface area contributed by atoms with E-state index in [1.165, 1.54) is 31.4 Å². The van der Waals surface area contributed by atoms with Gasteiger partial charge in [-0.25, -0.2) is 8.42 Å². The van der Waals surface area contributed by atoms with Gasteiger partial charge in [0.2, 0.25) is 10.0 Å². The Hall–Kier alpha value is -4.47. The Morgan fingerprint density at radius 1 is 0.732 bits per heavy atom. The quantitative estimate of drug-likeness (QED) is 0.233. The van der Waals surface area contributed by atoms with Gasteiger partial charge in [-0.05, 0) is 60.4 Å². The molecule has 0 aliphatic carbocycles. The summed E-state index contributed by atoms with van der Waals surface area (Å²) in [6.07, 6.45) is 0.488. The molecule has 0 saturated carbocycles. The molecule has 0 aliphatic rings. The van der Waals surface area contributed by atoms with Crippen LogP contribution in [0, 0.1) is 0 Å². The number of methoxy groups -OCH3 is 1. The lowest BCUT2D eigenvalue weighted by Crippen LogP contribution is -2.46. The summed E-state index contributed by atoms with van der Waals surface area (Å²) in [7, 11) is -2.58. The van der Waals surface area contributed by atoms with Gasteiger partial charge in [0.1, 0.15) is 18.4 Å². The fourth-order valence-corrected chi connectivity index (χ4v) is 5.41. The third-order valence-corrected chi connectivity index (χ3v) is 7.84. The largest absolute Gasteiger partial charge is 0.497 e. The van der Waals surface area contributed by atoms with E-state index in [1.807, 2.05) is 54.6 Å². The Kier molecular flexibility index (Phi) is 10.3. The molecule has 0 saturated heterocycles. The smallest absolute Gasteiger partial charge is 0.324 e. The Labute approximate surface area is 240 Å². The van der Waals surface area contributed by atoms with E-state index in [4.69, 9.17) is 9.47 Å². The molecule has 0 heterocycles. The minimum Gasteiger partial charge on any atom is -0.497 e. The number of ether oxygens (including phenoxy) is 2. The molecule has 2 N–H and O–H groups in total. The zero-order valence-corrected chi connectivity index (χ0v) is 23.4. The number of carbonyl (C=O) groups excluding carboxylic acids is 2. The minimum absolute atomic E-state index is 0.0127. The highest BCUT2D eigenvalue weighted by Crippen LogP contribution is 2.17. The van der Waals surface area contributed by atoms with E-state index < -0.39 is 28.1 Å². The average Bonchev–Trinajstić information content (AvgIpc) is 3.00. The zero-order chi connectivity index (χ0) is 29.1. The first-order valence-corrected chi connectivity index (χ1v) is 14.6. The third-order valence-electron chi connectivity index (χ3n) is 6.36. The summed E-state index contributed by atoms with van der Waals surface area (Å²) in [6, 6.07) is 31.5. The van der Waals surface area contributed by atoms with Crippen LogP contribution in [0.2, 0.25) is 0 Å². The molecule has 2 atom stereocenters.